The third-order valence-corrected chi connectivity index (χ3v) is 4.18. The summed E-state index contributed by atoms with van der Waals surface area (Å²) in [5.74, 6) is 0. The number of thiophene rings is 2. The van der Waals surface area contributed by atoms with Crippen LogP contribution in [0.2, 0.25) is 0 Å². The summed E-state index contributed by atoms with van der Waals surface area (Å²) in [6.07, 6.45) is -0.641. The van der Waals surface area contributed by atoms with E-state index >= 15 is 0 Å². The summed E-state index contributed by atoms with van der Waals surface area (Å²) in [4.78, 5) is 13.4. The summed E-state index contributed by atoms with van der Waals surface area (Å²) in [5, 5.41) is 19.0. The van der Waals surface area contributed by atoms with Gasteiger partial charge >= 0.3 is 6.03 Å². The lowest BCUT2D eigenvalue weighted by Crippen LogP contribution is -2.37. The van der Waals surface area contributed by atoms with E-state index in [4.69, 9.17) is 0 Å². The van der Waals surface area contributed by atoms with E-state index in [9.17, 15) is 9.90 Å². The maximum absolute atomic E-state index is 11.5. The molecule has 96 valence electrons. The van der Waals surface area contributed by atoms with Gasteiger partial charge in [-0.2, -0.15) is 0 Å². The van der Waals surface area contributed by atoms with E-state index in [1.807, 2.05) is 35.0 Å². The number of urea groups is 1. The van der Waals surface area contributed by atoms with Crippen molar-refractivity contribution in [1.82, 2.24) is 10.6 Å². The fraction of sp³-hybridized carbons (Fsp3) is 0.250. The zero-order valence-corrected chi connectivity index (χ0v) is 11.3. The smallest absolute Gasteiger partial charge is 0.315 e. The summed E-state index contributed by atoms with van der Waals surface area (Å²) in [7, 11) is 0. The molecule has 0 saturated heterocycles. The summed E-state index contributed by atoms with van der Waals surface area (Å²) in [6.45, 7) is 0.732. The van der Waals surface area contributed by atoms with Crippen LogP contribution in [0.25, 0.3) is 0 Å². The quantitative estimate of drug-likeness (QED) is 0.788. The maximum atomic E-state index is 11.5. The zero-order valence-electron chi connectivity index (χ0n) is 9.63. The highest BCUT2D eigenvalue weighted by molar-refractivity contribution is 7.10. The molecule has 0 saturated carbocycles. The molecule has 0 spiro atoms. The molecule has 4 nitrogen and oxygen atoms in total. The van der Waals surface area contributed by atoms with Gasteiger partial charge in [-0.05, 0) is 22.9 Å². The Hall–Kier alpha value is -1.37. The van der Waals surface area contributed by atoms with Gasteiger partial charge in [0, 0.05) is 9.75 Å². The highest BCUT2D eigenvalue weighted by Crippen LogP contribution is 2.17. The van der Waals surface area contributed by atoms with Gasteiger partial charge in [-0.15, -0.1) is 22.7 Å². The van der Waals surface area contributed by atoms with Crippen molar-refractivity contribution in [3.05, 3.63) is 44.8 Å². The molecular weight excluding hydrogens is 268 g/mol. The van der Waals surface area contributed by atoms with Crippen molar-refractivity contribution in [2.45, 2.75) is 12.6 Å². The number of amides is 2. The van der Waals surface area contributed by atoms with Gasteiger partial charge in [-0.1, -0.05) is 12.1 Å². The summed E-state index contributed by atoms with van der Waals surface area (Å²) >= 11 is 3.07. The van der Waals surface area contributed by atoms with Crippen LogP contribution in [0, 0.1) is 0 Å². The first kappa shape index (κ1) is 13.1. The van der Waals surface area contributed by atoms with E-state index in [0.717, 1.165) is 9.75 Å². The Labute approximate surface area is 113 Å². The molecule has 2 aromatic heterocycles. The molecule has 3 N–H and O–H groups in total. The van der Waals surface area contributed by atoms with Crippen LogP contribution in [0.3, 0.4) is 0 Å². The Morgan fingerprint density at radius 3 is 2.67 bits per heavy atom. The van der Waals surface area contributed by atoms with Crippen LogP contribution in [-0.4, -0.2) is 17.7 Å². The molecule has 6 heteroatoms. The first-order valence-electron chi connectivity index (χ1n) is 5.51. The van der Waals surface area contributed by atoms with Crippen LogP contribution in [-0.2, 0) is 6.54 Å². The molecule has 0 unspecified atom stereocenters. The summed E-state index contributed by atoms with van der Waals surface area (Å²) in [5.41, 5.74) is 0. The van der Waals surface area contributed by atoms with Gasteiger partial charge in [0.05, 0.1) is 13.1 Å². The average molecular weight is 282 g/mol. The number of aliphatic hydroxyl groups excluding tert-OH is 1. The van der Waals surface area contributed by atoms with Gasteiger partial charge in [-0.3, -0.25) is 0 Å². The second kappa shape index (κ2) is 6.53. The maximum Gasteiger partial charge on any atom is 0.315 e. The Bertz CT molecular complexity index is 468. The molecule has 1 atom stereocenters. The number of carbonyl (C=O) groups excluding carboxylic acids is 1. The number of aliphatic hydroxyl groups is 1. The molecule has 18 heavy (non-hydrogen) atoms. The van der Waals surface area contributed by atoms with Gasteiger partial charge in [0.2, 0.25) is 0 Å². The average Bonchev–Trinajstić information content (AvgIpc) is 3.05. The van der Waals surface area contributed by atoms with Crippen LogP contribution in [0.15, 0.2) is 35.0 Å². The van der Waals surface area contributed by atoms with Crippen molar-refractivity contribution in [3.63, 3.8) is 0 Å². The predicted octanol–water partition coefficient (Wildman–Crippen LogP) is 2.34. The van der Waals surface area contributed by atoms with Crippen molar-refractivity contribution in [3.8, 4) is 0 Å². The standard InChI is InChI=1S/C12H14N2O2S2/c15-10(11-4-2-6-18-11)8-14-12(16)13-7-9-3-1-5-17-9/h1-6,10,15H,7-8H2,(H2,13,14,16)/t10-/m1/s1. The third-order valence-electron chi connectivity index (χ3n) is 2.33. The topological polar surface area (TPSA) is 61.4 Å². The van der Waals surface area contributed by atoms with Crippen LogP contribution in [0.4, 0.5) is 4.79 Å². The molecule has 2 amide bonds. The minimum atomic E-state index is -0.641. The lowest BCUT2D eigenvalue weighted by atomic mass is 10.3. The number of hydrogen-bond acceptors (Lipinski definition) is 4. The molecule has 0 aliphatic heterocycles. The number of rotatable bonds is 5. The highest BCUT2D eigenvalue weighted by atomic mass is 32.1. The molecule has 2 rings (SSSR count). The molecule has 0 bridgehead atoms. The van der Waals surface area contributed by atoms with Gasteiger partial charge in [-0.25, -0.2) is 4.79 Å². The fourth-order valence-electron chi connectivity index (χ4n) is 1.41. The second-order valence-corrected chi connectivity index (χ2v) is 5.69. The minimum Gasteiger partial charge on any atom is -0.386 e. The fourth-order valence-corrected chi connectivity index (χ4v) is 2.77. The first-order valence-corrected chi connectivity index (χ1v) is 7.27. The van der Waals surface area contributed by atoms with Crippen LogP contribution >= 0.6 is 22.7 Å². The van der Waals surface area contributed by atoms with Gasteiger partial charge in [0.15, 0.2) is 0 Å². The van der Waals surface area contributed by atoms with Crippen LogP contribution < -0.4 is 10.6 Å². The SMILES string of the molecule is O=C(NCc1cccs1)NC[C@@H](O)c1cccs1. The van der Waals surface area contributed by atoms with Crippen LogP contribution in [0.5, 0.6) is 0 Å². The number of carbonyl (C=O) groups is 1. The molecule has 2 aromatic rings. The highest BCUT2D eigenvalue weighted by Gasteiger charge is 2.09. The molecule has 0 aliphatic carbocycles. The number of hydrogen-bond donors (Lipinski definition) is 3. The van der Waals surface area contributed by atoms with Gasteiger partial charge < -0.3 is 15.7 Å². The minimum absolute atomic E-state index is 0.219. The van der Waals surface area contributed by atoms with Crippen molar-refractivity contribution < 1.29 is 9.90 Å². The van der Waals surface area contributed by atoms with Crippen molar-refractivity contribution in [2.75, 3.05) is 6.54 Å². The lowest BCUT2D eigenvalue weighted by molar-refractivity contribution is 0.176. The molecular formula is C12H14N2O2S2. The molecule has 0 aromatic carbocycles. The second-order valence-electron chi connectivity index (χ2n) is 3.67. The van der Waals surface area contributed by atoms with E-state index < -0.39 is 6.10 Å². The Morgan fingerprint density at radius 2 is 2.00 bits per heavy atom. The Morgan fingerprint density at radius 1 is 1.22 bits per heavy atom. The molecule has 0 aliphatic rings. The Kier molecular flexibility index (Phi) is 4.74. The third kappa shape index (κ3) is 3.83. The zero-order chi connectivity index (χ0) is 12.8. The molecule has 0 fully saturated rings. The normalized spacial score (nSPS) is 12.1. The summed E-state index contributed by atoms with van der Waals surface area (Å²) < 4.78 is 0. The van der Waals surface area contributed by atoms with E-state index in [1.165, 1.54) is 11.3 Å². The number of nitrogens with one attached hydrogen (secondary N) is 2. The van der Waals surface area contributed by atoms with Crippen molar-refractivity contribution in [2.24, 2.45) is 0 Å². The van der Waals surface area contributed by atoms with Crippen LogP contribution in [0.1, 0.15) is 15.9 Å². The predicted molar refractivity (Wildman–Crippen MR) is 73.8 cm³/mol. The monoisotopic (exact) mass is 282 g/mol. The van der Waals surface area contributed by atoms with Crippen molar-refractivity contribution >= 4 is 28.7 Å². The van der Waals surface area contributed by atoms with E-state index in [2.05, 4.69) is 10.6 Å². The summed E-state index contributed by atoms with van der Waals surface area (Å²) in [6, 6.07) is 7.37. The van der Waals surface area contributed by atoms with E-state index in [1.54, 1.807) is 11.3 Å². The molecule has 2 heterocycles. The lowest BCUT2D eigenvalue weighted by Gasteiger charge is -2.10. The molecule has 0 radical (unpaired) electrons. The largest absolute Gasteiger partial charge is 0.386 e. The van der Waals surface area contributed by atoms with Crippen molar-refractivity contribution in [1.29, 1.82) is 0 Å². The first-order chi connectivity index (χ1) is 8.75. The van der Waals surface area contributed by atoms with Gasteiger partial charge in [0.1, 0.15) is 6.10 Å². The Balaban J connectivity index is 1.68. The van der Waals surface area contributed by atoms with E-state index in [-0.39, 0.29) is 12.6 Å². The van der Waals surface area contributed by atoms with Gasteiger partial charge in [0.25, 0.3) is 0 Å². The van der Waals surface area contributed by atoms with E-state index in [0.29, 0.717) is 6.54 Å².